The third-order valence-electron chi connectivity index (χ3n) is 2.85. The molecule has 1 N–H and O–H groups in total. The van der Waals surface area contributed by atoms with Gasteiger partial charge in [-0.15, -0.1) is 0 Å². The van der Waals surface area contributed by atoms with E-state index in [0.29, 0.717) is 6.07 Å². The van der Waals surface area contributed by atoms with E-state index in [1.807, 2.05) is 0 Å². The lowest BCUT2D eigenvalue weighted by molar-refractivity contribution is -0.146. The van der Waals surface area contributed by atoms with Crippen LogP contribution in [0.5, 0.6) is 0 Å². The molecule has 2 aromatic rings. The summed E-state index contributed by atoms with van der Waals surface area (Å²) in [5.74, 6) is -1.35. The fraction of sp³-hybridized carbons (Fsp3) is 0.200. The number of benzene rings is 1. The minimum Gasteiger partial charge on any atom is -0.455 e. The number of rotatable bonds is 5. The Morgan fingerprint density at radius 2 is 2.00 bits per heavy atom. The number of ether oxygens (including phenoxy) is 1. The van der Waals surface area contributed by atoms with Crippen LogP contribution in [0.1, 0.15) is 11.1 Å². The van der Waals surface area contributed by atoms with E-state index in [4.69, 9.17) is 16.3 Å². The van der Waals surface area contributed by atoms with Gasteiger partial charge in [-0.05, 0) is 40.6 Å². The van der Waals surface area contributed by atoms with Crippen molar-refractivity contribution < 1.29 is 27.5 Å². The van der Waals surface area contributed by atoms with Crippen LogP contribution in [0.4, 0.5) is 18.9 Å². The molecule has 0 fully saturated rings. The van der Waals surface area contributed by atoms with Crippen LogP contribution in [-0.2, 0) is 26.9 Å². The summed E-state index contributed by atoms with van der Waals surface area (Å²) in [6.45, 7) is -0.590. The Morgan fingerprint density at radius 3 is 2.62 bits per heavy atom. The number of hydrogen-bond donors (Lipinski definition) is 1. The maximum Gasteiger partial charge on any atom is 0.417 e. The largest absolute Gasteiger partial charge is 0.455 e. The molecule has 1 amide bonds. The van der Waals surface area contributed by atoms with E-state index in [9.17, 15) is 22.8 Å². The van der Waals surface area contributed by atoms with Gasteiger partial charge in [-0.1, -0.05) is 11.6 Å². The van der Waals surface area contributed by atoms with E-state index in [2.05, 4.69) is 5.32 Å². The van der Waals surface area contributed by atoms with E-state index in [-0.39, 0.29) is 12.1 Å². The Kier molecular flexibility index (Phi) is 5.84. The van der Waals surface area contributed by atoms with Crippen LogP contribution in [0.15, 0.2) is 35.0 Å². The third kappa shape index (κ3) is 5.24. The average Bonchev–Trinajstić information content (AvgIpc) is 2.99. The summed E-state index contributed by atoms with van der Waals surface area (Å²) < 4.78 is 43.0. The van der Waals surface area contributed by atoms with Crippen LogP contribution >= 0.6 is 22.9 Å². The first-order valence-electron chi connectivity index (χ1n) is 6.59. The molecule has 0 unspecified atom stereocenters. The molecule has 4 nitrogen and oxygen atoms in total. The van der Waals surface area contributed by atoms with Crippen LogP contribution < -0.4 is 5.32 Å². The fourth-order valence-electron chi connectivity index (χ4n) is 1.77. The summed E-state index contributed by atoms with van der Waals surface area (Å²) >= 11 is 6.91. The molecule has 2 rings (SSSR count). The highest BCUT2D eigenvalue weighted by Crippen LogP contribution is 2.36. The first-order valence-corrected chi connectivity index (χ1v) is 7.91. The van der Waals surface area contributed by atoms with E-state index in [1.54, 1.807) is 16.8 Å². The number of carbonyl (C=O) groups is 2. The van der Waals surface area contributed by atoms with Crippen molar-refractivity contribution >= 4 is 40.5 Å². The van der Waals surface area contributed by atoms with E-state index in [0.717, 1.165) is 11.6 Å². The van der Waals surface area contributed by atoms with Gasteiger partial charge in [0.2, 0.25) is 0 Å². The van der Waals surface area contributed by atoms with Crippen molar-refractivity contribution in [3.8, 4) is 0 Å². The zero-order valence-corrected chi connectivity index (χ0v) is 13.6. The quantitative estimate of drug-likeness (QED) is 0.796. The van der Waals surface area contributed by atoms with Gasteiger partial charge in [0.25, 0.3) is 5.91 Å². The monoisotopic (exact) mass is 377 g/mol. The van der Waals surface area contributed by atoms with Crippen molar-refractivity contribution in [1.82, 2.24) is 0 Å². The average molecular weight is 378 g/mol. The van der Waals surface area contributed by atoms with E-state index in [1.165, 1.54) is 17.4 Å². The van der Waals surface area contributed by atoms with Gasteiger partial charge in [-0.2, -0.15) is 24.5 Å². The standard InChI is InChI=1S/C15H11ClF3NO3S/c16-12-2-1-10(6-11(12)15(17,18)19)20-13(21)7-23-14(22)5-9-3-4-24-8-9/h1-4,6,8H,5,7H2,(H,20,21). The third-order valence-corrected chi connectivity index (χ3v) is 3.91. The van der Waals surface area contributed by atoms with Crippen molar-refractivity contribution in [2.75, 3.05) is 11.9 Å². The van der Waals surface area contributed by atoms with Crippen LogP contribution in [0.3, 0.4) is 0 Å². The topological polar surface area (TPSA) is 55.4 Å². The summed E-state index contributed by atoms with van der Waals surface area (Å²) in [6, 6.07) is 4.72. The van der Waals surface area contributed by atoms with Gasteiger partial charge >= 0.3 is 12.1 Å². The second-order valence-corrected chi connectivity index (χ2v) is 5.90. The number of thiophene rings is 1. The number of halogens is 4. The van der Waals surface area contributed by atoms with Crippen molar-refractivity contribution in [2.45, 2.75) is 12.6 Å². The molecule has 0 saturated carbocycles. The first-order chi connectivity index (χ1) is 11.3. The molecule has 0 aliphatic rings. The molecule has 128 valence electrons. The molecule has 1 heterocycles. The van der Waals surface area contributed by atoms with E-state index < -0.39 is 35.2 Å². The summed E-state index contributed by atoms with van der Waals surface area (Å²) in [5, 5.41) is 5.32. The summed E-state index contributed by atoms with van der Waals surface area (Å²) in [7, 11) is 0. The first kappa shape index (κ1) is 18.3. The minimum atomic E-state index is -4.63. The van der Waals surface area contributed by atoms with Crippen LogP contribution in [0.25, 0.3) is 0 Å². The van der Waals surface area contributed by atoms with Gasteiger partial charge < -0.3 is 10.1 Å². The molecule has 24 heavy (non-hydrogen) atoms. The van der Waals surface area contributed by atoms with Gasteiger partial charge in [0.15, 0.2) is 6.61 Å². The highest BCUT2D eigenvalue weighted by atomic mass is 35.5. The minimum absolute atomic E-state index is 0.0238. The molecular formula is C15H11ClF3NO3S. The van der Waals surface area contributed by atoms with Crippen molar-refractivity contribution in [3.05, 3.63) is 51.2 Å². The molecule has 9 heteroatoms. The van der Waals surface area contributed by atoms with Crippen LogP contribution in [0.2, 0.25) is 5.02 Å². The fourth-order valence-corrected chi connectivity index (χ4v) is 2.67. The van der Waals surface area contributed by atoms with Gasteiger partial charge in [0, 0.05) is 5.69 Å². The molecule has 0 atom stereocenters. The number of alkyl halides is 3. The number of hydrogen-bond acceptors (Lipinski definition) is 4. The van der Waals surface area contributed by atoms with Crippen molar-refractivity contribution in [1.29, 1.82) is 0 Å². The highest BCUT2D eigenvalue weighted by Gasteiger charge is 2.33. The Bertz CT molecular complexity index is 732. The maximum absolute atomic E-state index is 12.7. The lowest BCUT2D eigenvalue weighted by Crippen LogP contribution is -2.21. The van der Waals surface area contributed by atoms with Crippen LogP contribution in [-0.4, -0.2) is 18.5 Å². The summed E-state index contributed by atoms with van der Waals surface area (Å²) in [5.41, 5.74) is -0.389. The van der Waals surface area contributed by atoms with Crippen molar-refractivity contribution in [2.24, 2.45) is 0 Å². The predicted molar refractivity (Wildman–Crippen MR) is 84.1 cm³/mol. The molecule has 0 bridgehead atoms. The van der Waals surface area contributed by atoms with Crippen LogP contribution in [0, 0.1) is 0 Å². The van der Waals surface area contributed by atoms with Gasteiger partial charge in [-0.3, -0.25) is 9.59 Å². The van der Waals surface area contributed by atoms with E-state index >= 15 is 0 Å². The van der Waals surface area contributed by atoms with Gasteiger partial charge in [0.1, 0.15) is 0 Å². The second-order valence-electron chi connectivity index (χ2n) is 4.71. The molecule has 0 aliphatic carbocycles. The molecule has 1 aromatic heterocycles. The number of carbonyl (C=O) groups excluding carboxylic acids is 2. The van der Waals surface area contributed by atoms with Gasteiger partial charge in [0.05, 0.1) is 17.0 Å². The number of esters is 1. The number of anilines is 1. The maximum atomic E-state index is 12.7. The Morgan fingerprint density at radius 1 is 1.25 bits per heavy atom. The Labute approximate surface area is 144 Å². The smallest absolute Gasteiger partial charge is 0.417 e. The number of nitrogens with one attached hydrogen (secondary N) is 1. The second kappa shape index (κ2) is 7.67. The summed E-state index contributed by atoms with van der Waals surface area (Å²) in [4.78, 5) is 23.2. The molecule has 0 aliphatic heterocycles. The molecule has 0 saturated heterocycles. The lowest BCUT2D eigenvalue weighted by atomic mass is 10.2. The molecule has 1 aromatic carbocycles. The Balaban J connectivity index is 1.89. The summed E-state index contributed by atoms with van der Waals surface area (Å²) in [6.07, 6.45) is -4.61. The Hall–Kier alpha value is -2.06. The van der Waals surface area contributed by atoms with Crippen molar-refractivity contribution in [3.63, 3.8) is 0 Å². The normalized spacial score (nSPS) is 11.2. The molecular weight excluding hydrogens is 367 g/mol. The van der Waals surface area contributed by atoms with Gasteiger partial charge in [-0.25, -0.2) is 0 Å². The lowest BCUT2D eigenvalue weighted by Gasteiger charge is -2.12. The highest BCUT2D eigenvalue weighted by molar-refractivity contribution is 7.08. The molecule has 0 spiro atoms. The molecule has 0 radical (unpaired) electrons. The zero-order chi connectivity index (χ0) is 17.7. The zero-order valence-electron chi connectivity index (χ0n) is 12.0. The number of amides is 1. The SMILES string of the molecule is O=C(COC(=O)Cc1ccsc1)Nc1ccc(Cl)c(C(F)(F)F)c1. The predicted octanol–water partition coefficient (Wildman–Crippen LogP) is 4.14.